The molecule has 4 rings (SSSR count). The molecule has 0 aliphatic heterocycles. The second-order valence-corrected chi connectivity index (χ2v) is 7.42. The predicted octanol–water partition coefficient (Wildman–Crippen LogP) is 4.95. The van der Waals surface area contributed by atoms with Gasteiger partial charge in [-0.25, -0.2) is 4.79 Å². The van der Waals surface area contributed by atoms with Gasteiger partial charge in [0, 0.05) is 12.1 Å². The lowest BCUT2D eigenvalue weighted by molar-refractivity contribution is -0.384. The molecule has 0 radical (unpaired) electrons. The summed E-state index contributed by atoms with van der Waals surface area (Å²) in [6.45, 7) is 0. The minimum Gasteiger partial charge on any atom is -0.481 e. The number of fused-ring (bicyclic) bond motifs is 3. The molecule has 1 unspecified atom stereocenters. The molecule has 0 saturated heterocycles. The summed E-state index contributed by atoms with van der Waals surface area (Å²) in [4.78, 5) is 36.8. The predicted molar refractivity (Wildman–Crippen MR) is 116 cm³/mol. The average Bonchev–Trinajstić information content (AvgIpc) is 3.13. The van der Waals surface area contributed by atoms with Gasteiger partial charge in [-0.15, -0.1) is 0 Å². The Morgan fingerprint density at radius 2 is 1.53 bits per heavy atom. The molecule has 0 bridgehead atoms. The number of aliphatic carboxylic acids is 1. The Hall–Kier alpha value is -4.20. The number of carboxylic acids is 1. The molecule has 0 heterocycles. The maximum atomic E-state index is 13.1. The lowest BCUT2D eigenvalue weighted by atomic mass is 9.96. The summed E-state index contributed by atoms with van der Waals surface area (Å²) in [5, 5.41) is 20.7. The van der Waals surface area contributed by atoms with E-state index in [2.05, 4.69) is 0 Å². The molecule has 8 nitrogen and oxygen atoms in total. The first kappa shape index (κ1) is 21.0. The van der Waals surface area contributed by atoms with Crippen LogP contribution < -0.4 is 0 Å². The number of nitro benzene ring substituents is 1. The maximum absolute atomic E-state index is 13.1. The van der Waals surface area contributed by atoms with Crippen LogP contribution in [0.4, 0.5) is 10.5 Å². The first-order chi connectivity index (χ1) is 15.4. The molecule has 1 amide bonds. The molecule has 0 spiro atoms. The highest BCUT2D eigenvalue weighted by molar-refractivity contribution is 5.82. The van der Waals surface area contributed by atoms with Crippen molar-refractivity contribution in [3.63, 3.8) is 0 Å². The lowest BCUT2D eigenvalue weighted by Gasteiger charge is -2.36. The Kier molecular flexibility index (Phi) is 5.59. The number of benzene rings is 3. The SMILES string of the molecule is COC(=O)N(C(CC(=O)O)c1ccc([N+](=O)[O-])cc1)C1c2ccccc2-c2ccccc21. The van der Waals surface area contributed by atoms with Crippen molar-refractivity contribution in [1.29, 1.82) is 0 Å². The number of non-ortho nitro benzene ring substituents is 1. The number of amides is 1. The Morgan fingerprint density at radius 3 is 2.00 bits per heavy atom. The van der Waals surface area contributed by atoms with Gasteiger partial charge in [0.2, 0.25) is 0 Å². The average molecular weight is 432 g/mol. The van der Waals surface area contributed by atoms with Gasteiger partial charge in [0.25, 0.3) is 5.69 Å². The smallest absolute Gasteiger partial charge is 0.410 e. The number of hydrogen-bond donors (Lipinski definition) is 1. The number of carboxylic acid groups (broad SMARTS) is 1. The maximum Gasteiger partial charge on any atom is 0.410 e. The standard InChI is InChI=1S/C24H20N2O6/c1-32-24(29)25(21(14-22(27)28)15-10-12-16(13-11-15)26(30)31)23-19-8-4-2-6-17(19)18-7-3-5-9-20(18)23/h2-13,21,23H,14H2,1H3,(H,27,28). The van der Waals surface area contributed by atoms with Crippen LogP contribution in [0, 0.1) is 10.1 Å². The molecule has 1 aliphatic rings. The monoisotopic (exact) mass is 432 g/mol. The molecule has 3 aromatic carbocycles. The highest BCUT2D eigenvalue weighted by Gasteiger charge is 2.40. The molecule has 162 valence electrons. The van der Waals surface area contributed by atoms with Gasteiger partial charge in [-0.05, 0) is 27.8 Å². The lowest BCUT2D eigenvalue weighted by Crippen LogP contribution is -2.39. The van der Waals surface area contributed by atoms with E-state index in [1.165, 1.54) is 36.3 Å². The van der Waals surface area contributed by atoms with E-state index in [9.17, 15) is 24.8 Å². The molecular formula is C24H20N2O6. The number of hydrogen-bond acceptors (Lipinski definition) is 5. The molecular weight excluding hydrogens is 412 g/mol. The van der Waals surface area contributed by atoms with Gasteiger partial charge in [0.15, 0.2) is 0 Å². The molecule has 0 fully saturated rings. The van der Waals surface area contributed by atoms with Crippen molar-refractivity contribution >= 4 is 17.7 Å². The zero-order valence-electron chi connectivity index (χ0n) is 17.2. The summed E-state index contributed by atoms with van der Waals surface area (Å²) >= 11 is 0. The zero-order valence-corrected chi connectivity index (χ0v) is 17.2. The number of carbonyl (C=O) groups is 2. The second kappa shape index (κ2) is 8.50. The van der Waals surface area contributed by atoms with Crippen molar-refractivity contribution in [3.05, 3.63) is 99.6 Å². The largest absolute Gasteiger partial charge is 0.481 e. The third-order valence-corrected chi connectivity index (χ3v) is 5.66. The van der Waals surface area contributed by atoms with Crippen LogP contribution in [0.15, 0.2) is 72.8 Å². The summed E-state index contributed by atoms with van der Waals surface area (Å²) in [5.74, 6) is -1.11. The number of rotatable bonds is 6. The Balaban J connectivity index is 1.89. The van der Waals surface area contributed by atoms with Crippen LogP contribution in [0.5, 0.6) is 0 Å². The molecule has 32 heavy (non-hydrogen) atoms. The fraction of sp³-hybridized carbons (Fsp3) is 0.167. The highest BCUT2D eigenvalue weighted by atomic mass is 16.6. The van der Waals surface area contributed by atoms with Crippen molar-refractivity contribution in [2.45, 2.75) is 18.5 Å². The quantitative estimate of drug-likeness (QED) is 0.436. The number of ether oxygens (including phenoxy) is 1. The van der Waals surface area contributed by atoms with Crippen molar-refractivity contribution < 1.29 is 24.4 Å². The van der Waals surface area contributed by atoms with E-state index in [-0.39, 0.29) is 5.69 Å². The van der Waals surface area contributed by atoms with E-state index >= 15 is 0 Å². The van der Waals surface area contributed by atoms with E-state index in [0.29, 0.717) is 5.56 Å². The van der Waals surface area contributed by atoms with Crippen molar-refractivity contribution in [3.8, 4) is 11.1 Å². The van der Waals surface area contributed by atoms with Crippen LogP contribution in [0.3, 0.4) is 0 Å². The van der Waals surface area contributed by atoms with Gasteiger partial charge in [-0.3, -0.25) is 19.8 Å². The van der Waals surface area contributed by atoms with E-state index in [0.717, 1.165) is 22.3 Å². The fourth-order valence-electron chi connectivity index (χ4n) is 4.31. The van der Waals surface area contributed by atoms with Gasteiger partial charge >= 0.3 is 12.1 Å². The zero-order chi connectivity index (χ0) is 22.8. The molecule has 8 heteroatoms. The number of carbonyl (C=O) groups excluding carboxylic acids is 1. The summed E-state index contributed by atoms with van der Waals surface area (Å²) in [5.41, 5.74) is 3.97. The Bertz CT molecular complexity index is 1150. The van der Waals surface area contributed by atoms with Crippen molar-refractivity contribution in [2.24, 2.45) is 0 Å². The molecule has 0 saturated carbocycles. The van der Waals surface area contributed by atoms with Crippen LogP contribution in [0.1, 0.15) is 35.2 Å². The van der Waals surface area contributed by atoms with Gasteiger partial charge in [0.1, 0.15) is 0 Å². The first-order valence-corrected chi connectivity index (χ1v) is 9.93. The van der Waals surface area contributed by atoms with Gasteiger partial charge in [-0.2, -0.15) is 0 Å². The third kappa shape index (κ3) is 3.66. The van der Waals surface area contributed by atoms with Gasteiger partial charge < -0.3 is 9.84 Å². The molecule has 0 aromatic heterocycles. The molecule has 1 atom stereocenters. The van der Waals surface area contributed by atoms with Gasteiger partial charge in [0.05, 0.1) is 30.5 Å². The summed E-state index contributed by atoms with van der Waals surface area (Å²) in [7, 11) is 1.25. The summed E-state index contributed by atoms with van der Waals surface area (Å²) in [6, 6.07) is 19.4. The Morgan fingerprint density at radius 1 is 1.00 bits per heavy atom. The third-order valence-electron chi connectivity index (χ3n) is 5.66. The minimum atomic E-state index is -1.11. The van der Waals surface area contributed by atoms with Gasteiger partial charge in [-0.1, -0.05) is 60.7 Å². The van der Waals surface area contributed by atoms with Crippen molar-refractivity contribution in [2.75, 3.05) is 7.11 Å². The second-order valence-electron chi connectivity index (χ2n) is 7.42. The van der Waals surface area contributed by atoms with Crippen LogP contribution >= 0.6 is 0 Å². The van der Waals surface area contributed by atoms with E-state index < -0.39 is 35.5 Å². The Labute approximate surface area is 183 Å². The van der Waals surface area contributed by atoms with Crippen LogP contribution in [-0.4, -0.2) is 34.1 Å². The van der Waals surface area contributed by atoms with E-state index in [4.69, 9.17) is 4.74 Å². The summed E-state index contributed by atoms with van der Waals surface area (Å²) < 4.78 is 5.09. The first-order valence-electron chi connectivity index (χ1n) is 9.93. The molecule has 1 N–H and O–H groups in total. The molecule has 3 aromatic rings. The van der Waals surface area contributed by atoms with E-state index in [1.54, 1.807) is 0 Å². The van der Waals surface area contributed by atoms with Crippen molar-refractivity contribution in [1.82, 2.24) is 4.90 Å². The topological polar surface area (TPSA) is 110 Å². The van der Waals surface area contributed by atoms with Crippen LogP contribution in [-0.2, 0) is 9.53 Å². The highest BCUT2D eigenvalue weighted by Crippen LogP contribution is 2.49. The van der Waals surface area contributed by atoms with E-state index in [1.807, 2.05) is 48.5 Å². The van der Waals surface area contributed by atoms with Crippen LogP contribution in [0.25, 0.3) is 11.1 Å². The molecule has 1 aliphatic carbocycles. The number of nitrogens with zero attached hydrogens (tertiary/aromatic N) is 2. The fourth-order valence-corrected chi connectivity index (χ4v) is 4.31. The minimum absolute atomic E-state index is 0.121. The summed E-state index contributed by atoms with van der Waals surface area (Å²) in [6.07, 6.45) is -1.08. The normalized spacial score (nSPS) is 13.0. The number of nitro groups is 1. The van der Waals surface area contributed by atoms with Crippen LogP contribution in [0.2, 0.25) is 0 Å². The number of methoxy groups -OCH3 is 1.